The second kappa shape index (κ2) is 8.50. The van der Waals surface area contributed by atoms with E-state index in [9.17, 15) is 18.0 Å². The van der Waals surface area contributed by atoms with E-state index in [2.05, 4.69) is 10.0 Å². The van der Waals surface area contributed by atoms with E-state index in [4.69, 9.17) is 14.2 Å². The quantitative estimate of drug-likeness (QED) is 0.653. The predicted molar refractivity (Wildman–Crippen MR) is 103 cm³/mol. The molecule has 1 amide bonds. The number of amides is 1. The number of hydrogen-bond donors (Lipinski definition) is 2. The fraction of sp³-hybridized carbons (Fsp3) is 0.263. The second-order valence-electron chi connectivity index (χ2n) is 6.33. The van der Waals surface area contributed by atoms with Gasteiger partial charge in [-0.25, -0.2) is 8.42 Å². The van der Waals surface area contributed by atoms with Crippen molar-refractivity contribution in [2.75, 3.05) is 18.7 Å². The van der Waals surface area contributed by atoms with Crippen LogP contribution in [0.3, 0.4) is 0 Å². The van der Waals surface area contributed by atoms with Crippen molar-refractivity contribution in [2.24, 2.45) is 0 Å². The molecular formula is C19H20N2O7S. The second-order valence-corrected chi connectivity index (χ2v) is 8.09. The van der Waals surface area contributed by atoms with Crippen LogP contribution in [0.25, 0.3) is 0 Å². The Morgan fingerprint density at radius 1 is 1.10 bits per heavy atom. The summed E-state index contributed by atoms with van der Waals surface area (Å²) in [6.07, 6.45) is -1.13. The minimum Gasteiger partial charge on any atom is -0.454 e. The third-order valence-electron chi connectivity index (χ3n) is 4.06. The zero-order valence-corrected chi connectivity index (χ0v) is 16.6. The third kappa shape index (κ3) is 5.24. The number of carbonyl (C=O) groups excluding carboxylic acids is 2. The van der Waals surface area contributed by atoms with Crippen LogP contribution in [0.5, 0.6) is 11.5 Å². The maximum atomic E-state index is 12.2. The van der Waals surface area contributed by atoms with Gasteiger partial charge in [-0.3, -0.25) is 9.59 Å². The average molecular weight is 420 g/mol. The highest BCUT2D eigenvalue weighted by atomic mass is 32.2. The van der Waals surface area contributed by atoms with Crippen LogP contribution in [-0.2, 0) is 24.3 Å². The smallest absolute Gasteiger partial charge is 0.321 e. The molecule has 1 heterocycles. The van der Waals surface area contributed by atoms with Crippen LogP contribution in [0.1, 0.15) is 12.5 Å². The maximum absolute atomic E-state index is 12.2. The first kappa shape index (κ1) is 20.6. The van der Waals surface area contributed by atoms with Gasteiger partial charge in [0, 0.05) is 11.8 Å². The van der Waals surface area contributed by atoms with Crippen molar-refractivity contribution in [1.29, 1.82) is 0 Å². The number of anilines is 1. The zero-order valence-electron chi connectivity index (χ0n) is 15.8. The number of aryl methyl sites for hydroxylation is 1. The van der Waals surface area contributed by atoms with Gasteiger partial charge in [-0.1, -0.05) is 17.7 Å². The summed E-state index contributed by atoms with van der Waals surface area (Å²) in [6.45, 7) is 2.73. The summed E-state index contributed by atoms with van der Waals surface area (Å²) in [5, 5.41) is 2.59. The molecule has 29 heavy (non-hydrogen) atoms. The van der Waals surface area contributed by atoms with E-state index >= 15 is 0 Å². The van der Waals surface area contributed by atoms with Crippen LogP contribution in [0.4, 0.5) is 5.69 Å². The van der Waals surface area contributed by atoms with Crippen LogP contribution in [0, 0.1) is 6.92 Å². The van der Waals surface area contributed by atoms with Crippen molar-refractivity contribution in [1.82, 2.24) is 4.72 Å². The Morgan fingerprint density at radius 3 is 2.52 bits per heavy atom. The molecule has 10 heteroatoms. The molecule has 2 aromatic rings. The van der Waals surface area contributed by atoms with Crippen molar-refractivity contribution in [3.8, 4) is 11.5 Å². The van der Waals surface area contributed by atoms with Gasteiger partial charge in [0.1, 0.15) is 6.54 Å². The number of carbonyl (C=O) groups is 2. The molecule has 0 bridgehead atoms. The number of hydrogen-bond acceptors (Lipinski definition) is 7. The van der Waals surface area contributed by atoms with Crippen molar-refractivity contribution in [3.63, 3.8) is 0 Å². The van der Waals surface area contributed by atoms with Gasteiger partial charge in [-0.05, 0) is 38.1 Å². The molecule has 0 radical (unpaired) electrons. The van der Waals surface area contributed by atoms with Gasteiger partial charge in [0.2, 0.25) is 16.8 Å². The van der Waals surface area contributed by atoms with Crippen molar-refractivity contribution >= 4 is 27.6 Å². The average Bonchev–Trinajstić information content (AvgIpc) is 3.14. The summed E-state index contributed by atoms with van der Waals surface area (Å²) in [7, 11) is -3.86. The molecule has 1 aliphatic rings. The van der Waals surface area contributed by atoms with Gasteiger partial charge >= 0.3 is 5.97 Å². The highest BCUT2D eigenvalue weighted by Crippen LogP contribution is 2.34. The standard InChI is InChI=1S/C19H20N2O7S/c1-12-3-6-15(7-4-12)29(24,25)20-10-18(22)28-13(2)19(23)21-14-5-8-16-17(9-14)27-11-26-16/h3-9,13,20H,10-11H2,1-2H3,(H,21,23). The summed E-state index contributed by atoms with van der Waals surface area (Å²) >= 11 is 0. The lowest BCUT2D eigenvalue weighted by atomic mass is 10.2. The van der Waals surface area contributed by atoms with Gasteiger partial charge in [0.25, 0.3) is 5.91 Å². The van der Waals surface area contributed by atoms with Gasteiger partial charge in [0.05, 0.1) is 4.90 Å². The summed E-state index contributed by atoms with van der Waals surface area (Å²) in [6, 6.07) is 11.0. The fourth-order valence-electron chi connectivity index (χ4n) is 2.47. The summed E-state index contributed by atoms with van der Waals surface area (Å²) in [5.74, 6) is -0.381. The van der Waals surface area contributed by atoms with Gasteiger partial charge in [0.15, 0.2) is 17.6 Å². The number of benzene rings is 2. The number of sulfonamides is 1. The Bertz CT molecular complexity index is 1020. The van der Waals surface area contributed by atoms with E-state index in [0.717, 1.165) is 5.56 Å². The minimum atomic E-state index is -3.86. The highest BCUT2D eigenvalue weighted by molar-refractivity contribution is 7.89. The summed E-state index contributed by atoms with van der Waals surface area (Å²) < 4.78 is 41.9. The van der Waals surface area contributed by atoms with Crippen LogP contribution in [0.15, 0.2) is 47.4 Å². The normalized spacial score (nSPS) is 13.6. The zero-order chi connectivity index (χ0) is 21.0. The third-order valence-corrected chi connectivity index (χ3v) is 5.47. The SMILES string of the molecule is Cc1ccc(S(=O)(=O)NCC(=O)OC(C)C(=O)Nc2ccc3c(c2)OCO3)cc1. The molecule has 0 aliphatic carbocycles. The molecule has 1 unspecified atom stereocenters. The molecule has 3 rings (SSSR count). The molecule has 1 aliphatic heterocycles. The van der Waals surface area contributed by atoms with Crippen molar-refractivity contribution < 1.29 is 32.2 Å². The van der Waals surface area contributed by atoms with Crippen LogP contribution < -0.4 is 19.5 Å². The number of rotatable bonds is 7. The van der Waals surface area contributed by atoms with E-state index in [0.29, 0.717) is 17.2 Å². The van der Waals surface area contributed by atoms with Gasteiger partial charge in [-0.15, -0.1) is 0 Å². The molecule has 0 fully saturated rings. The molecule has 0 saturated carbocycles. The van der Waals surface area contributed by atoms with Crippen LogP contribution in [0.2, 0.25) is 0 Å². The summed E-state index contributed by atoms with van der Waals surface area (Å²) in [5.41, 5.74) is 1.35. The number of ether oxygens (including phenoxy) is 3. The Balaban J connectivity index is 1.50. The van der Waals surface area contributed by atoms with Crippen LogP contribution >= 0.6 is 0 Å². The molecule has 1 atom stereocenters. The molecule has 9 nitrogen and oxygen atoms in total. The largest absolute Gasteiger partial charge is 0.454 e. The number of esters is 1. The molecule has 0 saturated heterocycles. The number of nitrogens with one attached hydrogen (secondary N) is 2. The molecular weight excluding hydrogens is 400 g/mol. The minimum absolute atomic E-state index is 0.0319. The first-order chi connectivity index (χ1) is 13.7. The fourth-order valence-corrected chi connectivity index (χ4v) is 3.43. The Morgan fingerprint density at radius 2 is 1.79 bits per heavy atom. The first-order valence-electron chi connectivity index (χ1n) is 8.71. The van der Waals surface area contributed by atoms with Crippen molar-refractivity contribution in [2.45, 2.75) is 24.8 Å². The molecule has 2 aromatic carbocycles. The van der Waals surface area contributed by atoms with Gasteiger partial charge < -0.3 is 19.5 Å². The molecule has 0 aromatic heterocycles. The van der Waals surface area contributed by atoms with Crippen molar-refractivity contribution in [3.05, 3.63) is 48.0 Å². The summed E-state index contributed by atoms with van der Waals surface area (Å²) in [4.78, 5) is 24.2. The number of fused-ring (bicyclic) bond motifs is 1. The predicted octanol–water partition coefficient (Wildman–Crippen LogP) is 1.57. The van der Waals surface area contributed by atoms with E-state index in [1.807, 2.05) is 6.92 Å². The molecule has 154 valence electrons. The van der Waals surface area contributed by atoms with E-state index in [1.54, 1.807) is 30.3 Å². The first-order valence-corrected chi connectivity index (χ1v) is 10.2. The lowest BCUT2D eigenvalue weighted by Crippen LogP contribution is -2.35. The molecule has 2 N–H and O–H groups in total. The van der Waals surface area contributed by atoms with Crippen LogP contribution in [-0.4, -0.2) is 39.7 Å². The van der Waals surface area contributed by atoms with Gasteiger partial charge in [-0.2, -0.15) is 4.72 Å². The monoisotopic (exact) mass is 420 g/mol. The van der Waals surface area contributed by atoms with E-state index in [-0.39, 0.29) is 11.7 Å². The Kier molecular flexibility index (Phi) is 6.04. The topological polar surface area (TPSA) is 120 Å². The maximum Gasteiger partial charge on any atom is 0.321 e. The lowest BCUT2D eigenvalue weighted by molar-refractivity contribution is -0.151. The Labute approximate surface area is 168 Å². The molecule has 0 spiro atoms. The van der Waals surface area contributed by atoms with E-state index in [1.165, 1.54) is 19.1 Å². The highest BCUT2D eigenvalue weighted by Gasteiger charge is 2.21. The van der Waals surface area contributed by atoms with E-state index < -0.39 is 34.5 Å². The Hall–Kier alpha value is -3.11. The lowest BCUT2D eigenvalue weighted by Gasteiger charge is -2.14.